The number of terminal acetylenes is 1. The van der Waals surface area contributed by atoms with Crippen molar-refractivity contribution >= 4 is 5.91 Å². The Balaban J connectivity index is 2.69. The van der Waals surface area contributed by atoms with Crippen molar-refractivity contribution in [2.75, 3.05) is 0 Å². The van der Waals surface area contributed by atoms with Gasteiger partial charge in [0, 0.05) is 13.2 Å². The summed E-state index contributed by atoms with van der Waals surface area (Å²) in [6.07, 6.45) is 7.53. The predicted octanol–water partition coefficient (Wildman–Crippen LogP) is 0.562. The van der Waals surface area contributed by atoms with Crippen LogP contribution >= 0.6 is 0 Å². The first-order chi connectivity index (χ1) is 6.69. The molecule has 1 atom stereocenters. The molecule has 0 saturated heterocycles. The Morgan fingerprint density at radius 1 is 1.86 bits per heavy atom. The first kappa shape index (κ1) is 10.3. The first-order valence-electron chi connectivity index (χ1n) is 4.44. The molecule has 74 valence electrons. The molecule has 1 N–H and O–H groups in total. The molecule has 1 unspecified atom stereocenters. The quantitative estimate of drug-likeness (QED) is 0.710. The highest BCUT2D eigenvalue weighted by Gasteiger charge is 2.12. The maximum absolute atomic E-state index is 11.6. The molecule has 0 bridgehead atoms. The van der Waals surface area contributed by atoms with Crippen LogP contribution < -0.4 is 5.32 Å². The minimum absolute atomic E-state index is 0.185. The third kappa shape index (κ3) is 2.13. The highest BCUT2D eigenvalue weighted by atomic mass is 16.2. The summed E-state index contributed by atoms with van der Waals surface area (Å²) in [4.78, 5) is 11.6. The summed E-state index contributed by atoms with van der Waals surface area (Å²) in [5, 5.41) is 6.62. The zero-order chi connectivity index (χ0) is 10.6. The normalized spacial score (nSPS) is 11.8. The highest BCUT2D eigenvalue weighted by molar-refractivity contribution is 5.92. The maximum Gasteiger partial charge on any atom is 0.270 e. The van der Waals surface area contributed by atoms with Gasteiger partial charge < -0.3 is 5.32 Å². The largest absolute Gasteiger partial charge is 0.337 e. The predicted molar refractivity (Wildman–Crippen MR) is 53.6 cm³/mol. The molecule has 1 rings (SSSR count). The number of nitrogens with one attached hydrogen (secondary N) is 1. The van der Waals surface area contributed by atoms with Gasteiger partial charge in [0.2, 0.25) is 0 Å². The Morgan fingerprint density at radius 2 is 2.57 bits per heavy atom. The maximum atomic E-state index is 11.6. The van der Waals surface area contributed by atoms with Gasteiger partial charge in [-0.25, -0.2) is 0 Å². The average Bonchev–Trinajstić information content (AvgIpc) is 2.60. The zero-order valence-electron chi connectivity index (χ0n) is 8.32. The molecule has 1 aromatic heterocycles. The van der Waals surface area contributed by atoms with Crippen LogP contribution in [-0.4, -0.2) is 21.7 Å². The zero-order valence-corrected chi connectivity index (χ0v) is 8.32. The minimum atomic E-state index is -0.211. The van der Waals surface area contributed by atoms with E-state index >= 15 is 0 Å². The molecule has 1 aromatic rings. The van der Waals surface area contributed by atoms with Crippen molar-refractivity contribution in [2.24, 2.45) is 7.05 Å². The molecule has 4 nitrogen and oxygen atoms in total. The van der Waals surface area contributed by atoms with Gasteiger partial charge in [-0.3, -0.25) is 9.48 Å². The molecule has 14 heavy (non-hydrogen) atoms. The van der Waals surface area contributed by atoms with E-state index in [0.717, 1.165) is 6.42 Å². The van der Waals surface area contributed by atoms with Crippen LogP contribution in [0.2, 0.25) is 0 Å². The minimum Gasteiger partial charge on any atom is -0.337 e. The monoisotopic (exact) mass is 191 g/mol. The molecule has 0 saturated carbocycles. The highest BCUT2D eigenvalue weighted by Crippen LogP contribution is 1.97. The van der Waals surface area contributed by atoms with Crippen LogP contribution in [0.5, 0.6) is 0 Å². The fourth-order valence-electron chi connectivity index (χ4n) is 1.09. The lowest BCUT2D eigenvalue weighted by atomic mass is 10.2. The average molecular weight is 191 g/mol. The fourth-order valence-corrected chi connectivity index (χ4v) is 1.09. The second-order valence-corrected chi connectivity index (χ2v) is 2.94. The lowest BCUT2D eigenvalue weighted by Gasteiger charge is -2.10. The van der Waals surface area contributed by atoms with Gasteiger partial charge >= 0.3 is 0 Å². The molecule has 1 amide bonds. The topological polar surface area (TPSA) is 46.9 Å². The van der Waals surface area contributed by atoms with Crippen molar-refractivity contribution in [1.29, 1.82) is 0 Å². The van der Waals surface area contributed by atoms with Crippen LogP contribution in [0.3, 0.4) is 0 Å². The van der Waals surface area contributed by atoms with Crippen LogP contribution in [0.25, 0.3) is 0 Å². The standard InChI is InChI=1S/C10H13N3O/c1-4-8(5-2)12-10(14)9-6-7-11-13(9)3/h1,6-8H,5H2,2-3H3,(H,12,14). The van der Waals surface area contributed by atoms with Gasteiger partial charge in [0.1, 0.15) is 5.69 Å². The molecule has 0 aliphatic carbocycles. The lowest BCUT2D eigenvalue weighted by molar-refractivity contribution is 0.0935. The number of hydrogen-bond donors (Lipinski definition) is 1. The Kier molecular flexibility index (Phi) is 3.29. The van der Waals surface area contributed by atoms with E-state index in [1.165, 1.54) is 4.68 Å². The molecule has 0 spiro atoms. The molecule has 0 aliphatic rings. The van der Waals surface area contributed by atoms with E-state index in [4.69, 9.17) is 6.42 Å². The van der Waals surface area contributed by atoms with Gasteiger partial charge in [-0.15, -0.1) is 6.42 Å². The number of carbonyl (C=O) groups is 1. The van der Waals surface area contributed by atoms with Crippen molar-refractivity contribution in [2.45, 2.75) is 19.4 Å². The number of nitrogens with zero attached hydrogens (tertiary/aromatic N) is 2. The van der Waals surface area contributed by atoms with E-state index in [2.05, 4.69) is 16.3 Å². The summed E-state index contributed by atoms with van der Waals surface area (Å²) in [6.45, 7) is 1.92. The molecule has 0 radical (unpaired) electrons. The number of amides is 1. The van der Waals surface area contributed by atoms with Gasteiger partial charge in [-0.2, -0.15) is 5.10 Å². The van der Waals surface area contributed by atoms with Gasteiger partial charge in [-0.05, 0) is 12.5 Å². The smallest absolute Gasteiger partial charge is 0.270 e. The summed E-state index contributed by atoms with van der Waals surface area (Å²) in [5.74, 6) is 2.32. The van der Waals surface area contributed by atoms with Crippen LogP contribution in [0.1, 0.15) is 23.8 Å². The molecular formula is C10H13N3O. The second-order valence-electron chi connectivity index (χ2n) is 2.94. The van der Waals surface area contributed by atoms with Crippen molar-refractivity contribution in [1.82, 2.24) is 15.1 Å². The SMILES string of the molecule is C#CC(CC)NC(=O)c1ccnn1C. The van der Waals surface area contributed by atoms with E-state index in [9.17, 15) is 4.79 Å². The molecular weight excluding hydrogens is 178 g/mol. The van der Waals surface area contributed by atoms with Crippen LogP contribution in [0, 0.1) is 12.3 Å². The van der Waals surface area contributed by atoms with Crippen LogP contribution in [0.4, 0.5) is 0 Å². The summed E-state index contributed by atoms with van der Waals surface area (Å²) in [5.41, 5.74) is 0.513. The van der Waals surface area contributed by atoms with Gasteiger partial charge in [-0.1, -0.05) is 12.8 Å². The third-order valence-electron chi connectivity index (χ3n) is 1.97. The second kappa shape index (κ2) is 4.47. The van der Waals surface area contributed by atoms with Crippen molar-refractivity contribution in [3.63, 3.8) is 0 Å². The third-order valence-corrected chi connectivity index (χ3v) is 1.97. The van der Waals surface area contributed by atoms with Gasteiger partial charge in [0.25, 0.3) is 5.91 Å². The summed E-state index contributed by atoms with van der Waals surface area (Å²) >= 11 is 0. The molecule has 1 heterocycles. The number of aryl methyl sites for hydroxylation is 1. The summed E-state index contributed by atoms with van der Waals surface area (Å²) in [6, 6.07) is 1.44. The van der Waals surface area contributed by atoms with Gasteiger partial charge in [0.15, 0.2) is 0 Å². The van der Waals surface area contributed by atoms with Crippen LogP contribution in [-0.2, 0) is 7.05 Å². The number of hydrogen-bond acceptors (Lipinski definition) is 2. The van der Waals surface area contributed by atoms with E-state index in [-0.39, 0.29) is 11.9 Å². The Labute approximate surface area is 83.3 Å². The number of aromatic nitrogens is 2. The van der Waals surface area contributed by atoms with Crippen LogP contribution in [0.15, 0.2) is 12.3 Å². The van der Waals surface area contributed by atoms with Crippen molar-refractivity contribution in [3.8, 4) is 12.3 Å². The first-order valence-corrected chi connectivity index (χ1v) is 4.44. The number of rotatable bonds is 3. The van der Waals surface area contributed by atoms with E-state index in [1.807, 2.05) is 6.92 Å². The molecule has 4 heteroatoms. The van der Waals surface area contributed by atoms with E-state index in [0.29, 0.717) is 5.69 Å². The van der Waals surface area contributed by atoms with Crippen molar-refractivity contribution < 1.29 is 4.79 Å². The molecule has 0 fully saturated rings. The Morgan fingerprint density at radius 3 is 3.00 bits per heavy atom. The molecule has 0 aromatic carbocycles. The number of carbonyl (C=O) groups excluding carboxylic acids is 1. The summed E-state index contributed by atoms with van der Waals surface area (Å²) in [7, 11) is 1.71. The van der Waals surface area contributed by atoms with Crippen molar-refractivity contribution in [3.05, 3.63) is 18.0 Å². The van der Waals surface area contributed by atoms with E-state index in [1.54, 1.807) is 19.3 Å². The Hall–Kier alpha value is -1.76. The fraction of sp³-hybridized carbons (Fsp3) is 0.400. The van der Waals surface area contributed by atoms with E-state index < -0.39 is 0 Å². The Bertz CT molecular complexity index is 362. The molecule has 0 aliphatic heterocycles. The summed E-state index contributed by atoms with van der Waals surface area (Å²) < 4.78 is 1.51. The lowest BCUT2D eigenvalue weighted by Crippen LogP contribution is -2.34. The van der Waals surface area contributed by atoms with Gasteiger partial charge in [0.05, 0.1) is 6.04 Å².